The van der Waals surface area contributed by atoms with Crippen LogP contribution >= 0.6 is 0 Å². The zero-order valence-corrected chi connectivity index (χ0v) is 12.1. The first kappa shape index (κ1) is 15.4. The Morgan fingerprint density at radius 2 is 1.72 bits per heavy atom. The number of aliphatic hydroxyl groups excluding tert-OH is 1. The highest BCUT2D eigenvalue weighted by atomic mass is 16.3. The summed E-state index contributed by atoms with van der Waals surface area (Å²) in [5, 5.41) is 12.9. The van der Waals surface area contributed by atoms with Gasteiger partial charge < -0.3 is 15.3 Å². The van der Waals surface area contributed by atoms with Crippen LogP contribution in [-0.4, -0.2) is 22.4 Å². The van der Waals surface area contributed by atoms with Crippen molar-refractivity contribution in [1.82, 2.24) is 10.2 Å². The monoisotopic (exact) mass is 254 g/mol. The molecule has 0 spiro atoms. The Bertz CT molecular complexity index is 229. The van der Waals surface area contributed by atoms with Crippen molar-refractivity contribution in [3.63, 3.8) is 0 Å². The zero-order chi connectivity index (χ0) is 13.2. The van der Waals surface area contributed by atoms with Gasteiger partial charge in [0, 0.05) is 12.4 Å². The van der Waals surface area contributed by atoms with E-state index in [1.54, 1.807) is 0 Å². The van der Waals surface area contributed by atoms with E-state index < -0.39 is 6.23 Å². The summed E-state index contributed by atoms with van der Waals surface area (Å²) < 4.78 is 0. The number of hydrogen-bond acceptors (Lipinski definition) is 3. The summed E-state index contributed by atoms with van der Waals surface area (Å²) in [4.78, 5) is 1.99. The highest BCUT2D eigenvalue weighted by Gasteiger charge is 2.20. The van der Waals surface area contributed by atoms with E-state index in [0.717, 1.165) is 6.42 Å². The number of aliphatic hydroxyl groups is 1. The summed E-state index contributed by atoms with van der Waals surface area (Å²) >= 11 is 0. The molecule has 18 heavy (non-hydrogen) atoms. The molecule has 0 saturated heterocycles. The lowest BCUT2D eigenvalue weighted by Crippen LogP contribution is -2.40. The largest absolute Gasteiger partial charge is 0.374 e. The topological polar surface area (TPSA) is 35.5 Å². The van der Waals surface area contributed by atoms with Gasteiger partial charge in [0.25, 0.3) is 0 Å². The van der Waals surface area contributed by atoms with Crippen molar-refractivity contribution in [3.8, 4) is 0 Å². The van der Waals surface area contributed by atoms with Crippen LogP contribution in [0.15, 0.2) is 12.4 Å². The summed E-state index contributed by atoms with van der Waals surface area (Å²) in [7, 11) is 0. The van der Waals surface area contributed by atoms with Gasteiger partial charge >= 0.3 is 0 Å². The smallest absolute Gasteiger partial charge is 0.125 e. The summed E-state index contributed by atoms with van der Waals surface area (Å²) in [5.41, 5.74) is 0. The highest BCUT2D eigenvalue weighted by Crippen LogP contribution is 2.16. The first-order chi connectivity index (χ1) is 8.75. The molecule has 0 saturated carbocycles. The fourth-order valence-corrected chi connectivity index (χ4v) is 2.52. The first-order valence-electron chi connectivity index (χ1n) is 7.64. The van der Waals surface area contributed by atoms with Crippen LogP contribution in [0.4, 0.5) is 0 Å². The minimum absolute atomic E-state index is 0.296. The maximum Gasteiger partial charge on any atom is 0.125 e. The van der Waals surface area contributed by atoms with Crippen molar-refractivity contribution in [2.75, 3.05) is 0 Å². The van der Waals surface area contributed by atoms with Crippen LogP contribution in [0.5, 0.6) is 0 Å². The second kappa shape index (κ2) is 9.26. The summed E-state index contributed by atoms with van der Waals surface area (Å²) in [6.45, 7) is 4.08. The third-order valence-corrected chi connectivity index (χ3v) is 3.66. The third kappa shape index (κ3) is 5.76. The molecule has 0 bridgehead atoms. The van der Waals surface area contributed by atoms with Crippen LogP contribution in [0, 0.1) is 0 Å². The minimum atomic E-state index is -0.393. The molecule has 1 aliphatic heterocycles. The van der Waals surface area contributed by atoms with Crippen LogP contribution in [0.25, 0.3) is 0 Å². The van der Waals surface area contributed by atoms with E-state index in [4.69, 9.17) is 0 Å². The molecule has 106 valence electrons. The average Bonchev–Trinajstić information content (AvgIpc) is 2.81. The lowest BCUT2D eigenvalue weighted by molar-refractivity contribution is 0.0254. The molecule has 1 heterocycles. The fraction of sp³-hybridized carbons (Fsp3) is 0.867. The van der Waals surface area contributed by atoms with Crippen molar-refractivity contribution in [2.24, 2.45) is 0 Å². The van der Waals surface area contributed by atoms with E-state index >= 15 is 0 Å². The Balaban J connectivity index is 1.95. The third-order valence-electron chi connectivity index (χ3n) is 3.66. The molecule has 3 heteroatoms. The van der Waals surface area contributed by atoms with E-state index in [9.17, 15) is 5.11 Å². The van der Waals surface area contributed by atoms with E-state index in [1.165, 1.54) is 51.4 Å². The Morgan fingerprint density at radius 1 is 1.11 bits per heavy atom. The fourth-order valence-electron chi connectivity index (χ4n) is 2.52. The maximum absolute atomic E-state index is 9.58. The molecule has 0 aliphatic carbocycles. The molecule has 0 radical (unpaired) electrons. The van der Waals surface area contributed by atoms with Crippen LogP contribution < -0.4 is 5.32 Å². The van der Waals surface area contributed by atoms with Gasteiger partial charge in [0.05, 0.1) is 0 Å². The van der Waals surface area contributed by atoms with Crippen molar-refractivity contribution in [1.29, 1.82) is 0 Å². The van der Waals surface area contributed by atoms with Crippen molar-refractivity contribution < 1.29 is 5.11 Å². The molecule has 0 fully saturated rings. The molecule has 0 amide bonds. The molecule has 0 aromatic carbocycles. The van der Waals surface area contributed by atoms with Crippen LogP contribution in [0.2, 0.25) is 0 Å². The van der Waals surface area contributed by atoms with E-state index in [1.807, 2.05) is 24.2 Å². The van der Waals surface area contributed by atoms with Gasteiger partial charge in [0.2, 0.25) is 0 Å². The van der Waals surface area contributed by atoms with Crippen LogP contribution in [0.3, 0.4) is 0 Å². The second-order valence-corrected chi connectivity index (χ2v) is 5.34. The Labute approximate surface area is 112 Å². The van der Waals surface area contributed by atoms with Crippen molar-refractivity contribution in [3.05, 3.63) is 12.4 Å². The van der Waals surface area contributed by atoms with Gasteiger partial charge in [0.15, 0.2) is 0 Å². The van der Waals surface area contributed by atoms with Gasteiger partial charge in [-0.1, -0.05) is 51.9 Å². The Kier molecular flexibility index (Phi) is 7.90. The lowest BCUT2D eigenvalue weighted by atomic mass is 10.1. The number of rotatable bonds is 10. The van der Waals surface area contributed by atoms with Crippen molar-refractivity contribution >= 4 is 0 Å². The molecule has 2 N–H and O–H groups in total. The predicted molar refractivity (Wildman–Crippen MR) is 76.8 cm³/mol. The lowest BCUT2D eigenvalue weighted by Gasteiger charge is -2.28. The van der Waals surface area contributed by atoms with Gasteiger partial charge in [-0.3, -0.25) is 0 Å². The number of hydrogen-bond donors (Lipinski definition) is 2. The maximum atomic E-state index is 9.58. The molecule has 2 atom stereocenters. The number of unbranched alkanes of at least 4 members (excludes halogenated alkanes) is 7. The van der Waals surface area contributed by atoms with Gasteiger partial charge in [-0.15, -0.1) is 0 Å². The van der Waals surface area contributed by atoms with Crippen LogP contribution in [-0.2, 0) is 0 Å². The molecular weight excluding hydrogens is 224 g/mol. The normalized spacial score (nSPS) is 20.2. The average molecular weight is 254 g/mol. The van der Waals surface area contributed by atoms with Gasteiger partial charge in [-0.2, -0.15) is 0 Å². The molecule has 0 aromatic heterocycles. The summed E-state index contributed by atoms with van der Waals surface area (Å²) in [6, 6.07) is 0. The van der Waals surface area contributed by atoms with E-state index in [0.29, 0.717) is 6.17 Å². The number of nitrogens with one attached hydrogen (secondary N) is 1. The van der Waals surface area contributed by atoms with Gasteiger partial charge in [-0.25, -0.2) is 0 Å². The van der Waals surface area contributed by atoms with Gasteiger partial charge in [-0.05, 0) is 19.8 Å². The van der Waals surface area contributed by atoms with E-state index in [-0.39, 0.29) is 0 Å². The zero-order valence-electron chi connectivity index (χ0n) is 12.1. The first-order valence-corrected chi connectivity index (χ1v) is 7.64. The molecule has 1 rings (SSSR count). The van der Waals surface area contributed by atoms with Crippen LogP contribution in [0.1, 0.15) is 71.6 Å². The van der Waals surface area contributed by atoms with Gasteiger partial charge in [0.1, 0.15) is 12.4 Å². The Morgan fingerprint density at radius 3 is 2.33 bits per heavy atom. The summed E-state index contributed by atoms with van der Waals surface area (Å²) in [6.07, 6.45) is 15.7. The summed E-state index contributed by atoms with van der Waals surface area (Å²) in [5.74, 6) is 0. The predicted octanol–water partition coefficient (Wildman–Crippen LogP) is 3.56. The number of nitrogens with zero attached hydrogens (tertiary/aromatic N) is 1. The Hall–Kier alpha value is -0.700. The quantitative estimate of drug-likeness (QED) is 0.585. The SMILES string of the molecule is CCCCCCCCCCC1NC=CN1C(C)O. The molecule has 3 nitrogen and oxygen atoms in total. The highest BCUT2D eigenvalue weighted by molar-refractivity contribution is 4.94. The minimum Gasteiger partial charge on any atom is -0.374 e. The molecule has 0 aromatic rings. The molecular formula is C15H30N2O. The molecule has 1 aliphatic rings. The standard InChI is InChI=1S/C15H30N2O/c1-3-4-5-6-7-8-9-10-11-15-16-12-13-17(15)14(2)18/h12-16,18H,3-11H2,1-2H3. The van der Waals surface area contributed by atoms with Crippen molar-refractivity contribution in [2.45, 2.75) is 84.0 Å². The molecule has 2 unspecified atom stereocenters. The van der Waals surface area contributed by atoms with E-state index in [2.05, 4.69) is 12.2 Å². The second-order valence-electron chi connectivity index (χ2n) is 5.34.